The van der Waals surface area contributed by atoms with Crippen molar-refractivity contribution in [3.63, 3.8) is 0 Å². The minimum Gasteiger partial charge on any atom is -0.467 e. The molecule has 2 heterocycles. The second-order valence-electron chi connectivity index (χ2n) is 6.96. The highest BCUT2D eigenvalue weighted by molar-refractivity contribution is 7.07. The molecule has 32 heavy (non-hydrogen) atoms. The third kappa shape index (κ3) is 4.93. The van der Waals surface area contributed by atoms with E-state index in [1.807, 2.05) is 0 Å². The van der Waals surface area contributed by atoms with Crippen LogP contribution in [0, 0.1) is 5.82 Å². The lowest BCUT2D eigenvalue weighted by atomic mass is 10.1. The van der Waals surface area contributed by atoms with Crippen molar-refractivity contribution in [2.45, 2.75) is 20.1 Å². The number of hydrogen-bond donors (Lipinski definition) is 0. The molecule has 0 bridgehead atoms. The molecule has 0 saturated carbocycles. The van der Waals surface area contributed by atoms with Crippen molar-refractivity contribution < 1.29 is 23.4 Å². The van der Waals surface area contributed by atoms with Gasteiger partial charge in [-0.1, -0.05) is 23.7 Å². The zero-order chi connectivity index (χ0) is 22.7. The molecule has 3 aromatic rings. The molecule has 0 saturated heterocycles. The molecule has 0 amide bonds. The zero-order valence-corrected chi connectivity index (χ0v) is 18.7. The van der Waals surface area contributed by atoms with Crippen LogP contribution in [-0.4, -0.2) is 23.9 Å². The molecule has 166 valence electrons. The molecule has 0 aliphatic carbocycles. The van der Waals surface area contributed by atoms with Gasteiger partial charge in [0.1, 0.15) is 16.2 Å². The second kappa shape index (κ2) is 9.68. The maximum Gasteiger partial charge on any atom is 0.333 e. The predicted octanol–water partition coefficient (Wildman–Crippen LogP) is 2.79. The van der Waals surface area contributed by atoms with E-state index < -0.39 is 11.8 Å². The third-order valence-electron chi connectivity index (χ3n) is 4.69. The van der Waals surface area contributed by atoms with E-state index in [4.69, 9.17) is 25.8 Å². The van der Waals surface area contributed by atoms with E-state index in [1.54, 1.807) is 37.3 Å². The number of rotatable bonds is 5. The Bertz CT molecular complexity index is 1350. The van der Waals surface area contributed by atoms with Crippen LogP contribution in [0.15, 0.2) is 41.2 Å². The smallest absolute Gasteiger partial charge is 0.333 e. The molecular weight excluding hydrogens is 457 g/mol. The van der Waals surface area contributed by atoms with E-state index in [2.05, 4.69) is 0 Å². The topological polar surface area (TPSA) is 66.8 Å². The van der Waals surface area contributed by atoms with Gasteiger partial charge in [0.25, 0.3) is 5.56 Å². The first kappa shape index (κ1) is 22.3. The monoisotopic (exact) mass is 475 g/mol. The number of benzene rings is 2. The van der Waals surface area contributed by atoms with E-state index in [0.717, 1.165) is 16.9 Å². The van der Waals surface area contributed by atoms with Gasteiger partial charge in [-0.25, -0.2) is 9.18 Å². The summed E-state index contributed by atoms with van der Waals surface area (Å²) < 4.78 is 31.8. The second-order valence-corrected chi connectivity index (χ2v) is 8.45. The molecule has 0 fully saturated rings. The number of ether oxygens (including phenoxy) is 3. The lowest BCUT2D eigenvalue weighted by molar-refractivity contribution is -0.135. The Hall–Kier alpha value is -2.94. The molecule has 1 aliphatic rings. The number of halogens is 2. The standard InChI is InChI=1S/C23H19ClFNO5S/c1-2-30-21(27)10-20-26(11-15-8-17(24)9-16-12-29-13-31-22(15)16)23(28)19(32-20)7-14-4-3-5-18(25)6-14/h3-10H,2,11-13H2,1H3. The van der Waals surface area contributed by atoms with Gasteiger partial charge in [-0.3, -0.25) is 9.36 Å². The summed E-state index contributed by atoms with van der Waals surface area (Å²) in [6.45, 7) is 2.49. The first-order valence-corrected chi connectivity index (χ1v) is 11.0. The van der Waals surface area contributed by atoms with Crippen molar-refractivity contribution in [3.05, 3.63) is 83.5 Å². The van der Waals surface area contributed by atoms with Crippen LogP contribution >= 0.6 is 22.9 Å². The van der Waals surface area contributed by atoms with Crippen LogP contribution in [0.25, 0.3) is 12.2 Å². The van der Waals surface area contributed by atoms with Crippen molar-refractivity contribution in [1.29, 1.82) is 0 Å². The van der Waals surface area contributed by atoms with Crippen molar-refractivity contribution in [2.24, 2.45) is 0 Å². The largest absolute Gasteiger partial charge is 0.467 e. The van der Waals surface area contributed by atoms with Gasteiger partial charge in [-0.2, -0.15) is 0 Å². The first-order chi connectivity index (χ1) is 15.4. The van der Waals surface area contributed by atoms with Crippen molar-refractivity contribution in [2.75, 3.05) is 13.4 Å². The number of esters is 1. The van der Waals surface area contributed by atoms with Crippen LogP contribution in [-0.2, 0) is 27.4 Å². The van der Waals surface area contributed by atoms with Gasteiger partial charge in [-0.05, 0) is 42.8 Å². The molecule has 6 nitrogen and oxygen atoms in total. The molecule has 0 unspecified atom stereocenters. The summed E-state index contributed by atoms with van der Waals surface area (Å²) in [6, 6.07) is 9.40. The van der Waals surface area contributed by atoms with Crippen LogP contribution in [0.2, 0.25) is 5.02 Å². The van der Waals surface area contributed by atoms with Gasteiger partial charge in [0, 0.05) is 16.1 Å². The Labute approximate surface area is 191 Å². The van der Waals surface area contributed by atoms with Gasteiger partial charge in [-0.15, -0.1) is 11.3 Å². The summed E-state index contributed by atoms with van der Waals surface area (Å²) in [5, 5.41) is 0.485. The molecule has 1 aromatic heterocycles. The van der Waals surface area contributed by atoms with Crippen LogP contribution in [0.4, 0.5) is 4.39 Å². The molecule has 1 aliphatic heterocycles. The Morgan fingerprint density at radius 2 is 2.19 bits per heavy atom. The SMILES string of the molecule is CCOC(=O)C=c1sc(=Cc2cccc(F)c2)c(=O)n1Cc1cc(Cl)cc2c1OCOC2. The highest BCUT2D eigenvalue weighted by Gasteiger charge is 2.18. The molecule has 0 radical (unpaired) electrons. The summed E-state index contributed by atoms with van der Waals surface area (Å²) in [4.78, 5) is 25.4. The fourth-order valence-electron chi connectivity index (χ4n) is 3.37. The van der Waals surface area contributed by atoms with Gasteiger partial charge in [0.2, 0.25) is 0 Å². The lowest BCUT2D eigenvalue weighted by Gasteiger charge is -2.21. The number of thiazole rings is 1. The lowest BCUT2D eigenvalue weighted by Crippen LogP contribution is -2.32. The quantitative estimate of drug-likeness (QED) is 0.531. The van der Waals surface area contributed by atoms with E-state index in [9.17, 15) is 14.0 Å². The molecule has 0 spiro atoms. The number of nitrogens with zero attached hydrogens (tertiary/aromatic N) is 1. The summed E-state index contributed by atoms with van der Waals surface area (Å²) >= 11 is 7.38. The summed E-state index contributed by atoms with van der Waals surface area (Å²) in [5.41, 5.74) is 1.69. The minimum absolute atomic E-state index is 0.0978. The molecule has 0 atom stereocenters. The molecule has 4 rings (SSSR count). The Morgan fingerprint density at radius 1 is 1.34 bits per heavy atom. The predicted molar refractivity (Wildman–Crippen MR) is 120 cm³/mol. The van der Waals surface area contributed by atoms with Gasteiger partial charge in [0.05, 0.1) is 30.4 Å². The van der Waals surface area contributed by atoms with E-state index in [-0.39, 0.29) is 25.5 Å². The van der Waals surface area contributed by atoms with Crippen LogP contribution in [0.3, 0.4) is 0 Å². The molecule has 2 aromatic carbocycles. The maximum atomic E-state index is 13.6. The van der Waals surface area contributed by atoms with E-state index in [0.29, 0.717) is 37.7 Å². The van der Waals surface area contributed by atoms with E-state index >= 15 is 0 Å². The first-order valence-electron chi connectivity index (χ1n) is 9.82. The highest BCUT2D eigenvalue weighted by Crippen LogP contribution is 2.31. The fraction of sp³-hybridized carbons (Fsp3) is 0.217. The van der Waals surface area contributed by atoms with Crippen LogP contribution in [0.5, 0.6) is 5.75 Å². The average Bonchev–Trinajstić information content (AvgIpc) is 3.02. The maximum absolute atomic E-state index is 13.6. The zero-order valence-electron chi connectivity index (χ0n) is 17.1. The van der Waals surface area contributed by atoms with Crippen LogP contribution < -0.4 is 19.5 Å². The normalized spacial score (nSPS) is 14.2. The molecule has 0 N–H and O–H groups in total. The Morgan fingerprint density at radius 3 is 2.97 bits per heavy atom. The summed E-state index contributed by atoms with van der Waals surface area (Å²) in [5.74, 6) is -0.354. The Balaban J connectivity index is 1.86. The van der Waals surface area contributed by atoms with Crippen molar-refractivity contribution >= 4 is 41.1 Å². The Kier molecular flexibility index (Phi) is 6.74. The van der Waals surface area contributed by atoms with Gasteiger partial charge < -0.3 is 14.2 Å². The molecular formula is C23H19ClFNO5S. The fourth-order valence-corrected chi connectivity index (χ4v) is 4.66. The average molecular weight is 476 g/mol. The van der Waals surface area contributed by atoms with Crippen LogP contribution in [0.1, 0.15) is 23.6 Å². The highest BCUT2D eigenvalue weighted by atomic mass is 35.5. The molecule has 9 heteroatoms. The van der Waals surface area contributed by atoms with Crippen molar-refractivity contribution in [3.8, 4) is 5.75 Å². The minimum atomic E-state index is -0.558. The number of carbonyl (C=O) groups excluding carboxylic acids is 1. The van der Waals surface area contributed by atoms with Crippen molar-refractivity contribution in [1.82, 2.24) is 4.57 Å². The summed E-state index contributed by atoms with van der Waals surface area (Å²) in [7, 11) is 0. The number of fused-ring (bicyclic) bond motifs is 1. The number of hydrogen-bond acceptors (Lipinski definition) is 6. The number of carbonyl (C=O) groups is 1. The number of aromatic nitrogens is 1. The third-order valence-corrected chi connectivity index (χ3v) is 5.97. The van der Waals surface area contributed by atoms with E-state index in [1.165, 1.54) is 22.8 Å². The summed E-state index contributed by atoms with van der Waals surface area (Å²) in [6.07, 6.45) is 2.87. The van der Waals surface area contributed by atoms with Gasteiger partial charge >= 0.3 is 5.97 Å². The van der Waals surface area contributed by atoms with Gasteiger partial charge in [0.15, 0.2) is 6.79 Å².